The number of aliphatic hydroxyl groups excluding tert-OH is 2. The lowest BCUT2D eigenvalue weighted by Crippen LogP contribution is -2.16. The third-order valence-electron chi connectivity index (χ3n) is 0.900. The number of hydrogen-bond acceptors (Lipinski definition) is 4. The molecule has 0 aromatic heterocycles. The van der Waals surface area contributed by atoms with Gasteiger partial charge in [0.15, 0.2) is 0 Å². The van der Waals surface area contributed by atoms with Crippen LogP contribution in [0.2, 0.25) is 0 Å². The van der Waals surface area contributed by atoms with Crippen LogP contribution < -0.4 is 10.6 Å². The maximum Gasteiger partial charge on any atom is 0.0555 e. The SMILES string of the molecule is CCNCCO.CNCCO. The van der Waals surface area contributed by atoms with Crippen molar-refractivity contribution in [2.75, 3.05) is 39.9 Å². The average Bonchev–Trinajstić information content (AvgIpc) is 2.04. The van der Waals surface area contributed by atoms with E-state index in [1.807, 2.05) is 6.92 Å². The van der Waals surface area contributed by atoms with Gasteiger partial charge < -0.3 is 20.8 Å². The molecule has 4 nitrogen and oxygen atoms in total. The van der Waals surface area contributed by atoms with Crippen molar-refractivity contribution in [3.63, 3.8) is 0 Å². The summed E-state index contributed by atoms with van der Waals surface area (Å²) < 4.78 is 0. The molecule has 0 bridgehead atoms. The molecule has 0 fully saturated rings. The first-order valence-corrected chi connectivity index (χ1v) is 3.90. The maximum atomic E-state index is 8.13. The van der Waals surface area contributed by atoms with E-state index >= 15 is 0 Å². The van der Waals surface area contributed by atoms with E-state index in [4.69, 9.17) is 10.2 Å². The van der Waals surface area contributed by atoms with E-state index in [-0.39, 0.29) is 13.2 Å². The molecule has 0 amide bonds. The van der Waals surface area contributed by atoms with Crippen LogP contribution in [0.3, 0.4) is 0 Å². The molecule has 0 saturated carbocycles. The maximum absolute atomic E-state index is 8.13. The predicted octanol–water partition coefficient (Wildman–Crippen LogP) is -1.21. The fraction of sp³-hybridized carbons (Fsp3) is 1.00. The van der Waals surface area contributed by atoms with Gasteiger partial charge in [0.05, 0.1) is 13.2 Å². The van der Waals surface area contributed by atoms with Gasteiger partial charge in [-0.05, 0) is 13.6 Å². The van der Waals surface area contributed by atoms with Crippen LogP contribution in [-0.2, 0) is 0 Å². The first kappa shape index (κ1) is 13.4. The molecule has 0 spiro atoms. The molecule has 70 valence electrons. The molecule has 4 N–H and O–H groups in total. The standard InChI is InChI=1S/C4H11NO.C3H9NO/c1-2-5-3-4-6;1-4-2-3-5/h5-6H,2-4H2,1H3;4-5H,2-3H2,1H3. The first-order valence-electron chi connectivity index (χ1n) is 3.90. The van der Waals surface area contributed by atoms with Crippen molar-refractivity contribution in [2.24, 2.45) is 0 Å². The molecular weight excluding hydrogens is 144 g/mol. The van der Waals surface area contributed by atoms with Crippen molar-refractivity contribution in [1.29, 1.82) is 0 Å². The molecule has 0 radical (unpaired) electrons. The van der Waals surface area contributed by atoms with Crippen molar-refractivity contribution in [1.82, 2.24) is 10.6 Å². The van der Waals surface area contributed by atoms with E-state index in [2.05, 4.69) is 10.6 Å². The van der Waals surface area contributed by atoms with Gasteiger partial charge in [0, 0.05) is 13.1 Å². The van der Waals surface area contributed by atoms with Crippen molar-refractivity contribution in [3.8, 4) is 0 Å². The summed E-state index contributed by atoms with van der Waals surface area (Å²) in [5.74, 6) is 0. The van der Waals surface area contributed by atoms with E-state index < -0.39 is 0 Å². The fourth-order valence-electron chi connectivity index (χ4n) is 0.368. The van der Waals surface area contributed by atoms with Crippen molar-refractivity contribution in [3.05, 3.63) is 0 Å². The van der Waals surface area contributed by atoms with Crippen LogP contribution in [0.4, 0.5) is 0 Å². The predicted molar refractivity (Wildman–Crippen MR) is 46.6 cm³/mol. The Morgan fingerprint density at radius 1 is 1.09 bits per heavy atom. The van der Waals surface area contributed by atoms with Crippen molar-refractivity contribution in [2.45, 2.75) is 6.92 Å². The zero-order valence-corrected chi connectivity index (χ0v) is 7.43. The van der Waals surface area contributed by atoms with Crippen molar-refractivity contribution < 1.29 is 10.2 Å². The molecule has 0 aromatic rings. The molecule has 4 heteroatoms. The monoisotopic (exact) mass is 164 g/mol. The molecule has 0 rings (SSSR count). The van der Waals surface area contributed by atoms with E-state index in [1.165, 1.54) is 0 Å². The lowest BCUT2D eigenvalue weighted by Gasteiger charge is -1.91. The summed E-state index contributed by atoms with van der Waals surface area (Å²) in [6.45, 7) is 4.84. The van der Waals surface area contributed by atoms with Crippen LogP contribution in [0.1, 0.15) is 6.92 Å². The van der Waals surface area contributed by atoms with Crippen LogP contribution in [0.15, 0.2) is 0 Å². The second-order valence-electron chi connectivity index (χ2n) is 1.90. The summed E-state index contributed by atoms with van der Waals surface area (Å²) in [6, 6.07) is 0. The Bertz CT molecular complexity index is 47.7. The van der Waals surface area contributed by atoms with Crippen LogP contribution in [0.5, 0.6) is 0 Å². The molecule has 0 atom stereocenters. The number of aliphatic hydroxyl groups is 2. The quantitative estimate of drug-likeness (QED) is 0.385. The molecule has 0 aromatic carbocycles. The van der Waals surface area contributed by atoms with Gasteiger partial charge in [0.2, 0.25) is 0 Å². The van der Waals surface area contributed by atoms with E-state index in [1.54, 1.807) is 7.05 Å². The average molecular weight is 164 g/mol. The van der Waals surface area contributed by atoms with E-state index in [0.29, 0.717) is 6.54 Å². The molecule has 0 aliphatic rings. The van der Waals surface area contributed by atoms with Gasteiger partial charge >= 0.3 is 0 Å². The number of likely N-dealkylation sites (N-methyl/N-ethyl adjacent to an activating group) is 2. The van der Waals surface area contributed by atoms with Crippen LogP contribution >= 0.6 is 0 Å². The Morgan fingerprint density at radius 3 is 1.73 bits per heavy atom. The first-order chi connectivity index (χ1) is 5.33. The Morgan fingerprint density at radius 2 is 1.64 bits per heavy atom. The topological polar surface area (TPSA) is 64.5 Å². The molecule has 0 aliphatic carbocycles. The normalized spacial score (nSPS) is 8.73. The van der Waals surface area contributed by atoms with Gasteiger partial charge in [0.1, 0.15) is 0 Å². The van der Waals surface area contributed by atoms with Gasteiger partial charge in [-0.2, -0.15) is 0 Å². The number of nitrogens with one attached hydrogen (secondary N) is 2. The van der Waals surface area contributed by atoms with Gasteiger partial charge in [-0.1, -0.05) is 6.92 Å². The minimum absolute atomic E-state index is 0.233. The third kappa shape index (κ3) is 25.8. The van der Waals surface area contributed by atoms with Gasteiger partial charge in [-0.15, -0.1) is 0 Å². The molecular formula is C7H20N2O2. The zero-order chi connectivity index (χ0) is 8.95. The highest BCUT2D eigenvalue weighted by molar-refractivity contribution is 4.35. The molecule has 0 unspecified atom stereocenters. The summed E-state index contributed by atoms with van der Waals surface area (Å²) in [6.07, 6.45) is 0. The van der Waals surface area contributed by atoms with Crippen LogP contribution in [-0.4, -0.2) is 50.1 Å². The van der Waals surface area contributed by atoms with Crippen LogP contribution in [0.25, 0.3) is 0 Å². The largest absolute Gasteiger partial charge is 0.395 e. The second-order valence-corrected chi connectivity index (χ2v) is 1.90. The number of hydrogen-bond donors (Lipinski definition) is 4. The van der Waals surface area contributed by atoms with Gasteiger partial charge in [0.25, 0.3) is 0 Å². The Hall–Kier alpha value is -0.160. The van der Waals surface area contributed by atoms with E-state index in [9.17, 15) is 0 Å². The summed E-state index contributed by atoms with van der Waals surface area (Å²) >= 11 is 0. The Kier molecular flexibility index (Phi) is 20.1. The second kappa shape index (κ2) is 16.4. The summed E-state index contributed by atoms with van der Waals surface area (Å²) in [5.41, 5.74) is 0. The lowest BCUT2D eigenvalue weighted by molar-refractivity contribution is 0.293. The summed E-state index contributed by atoms with van der Waals surface area (Å²) in [5, 5.41) is 21.9. The highest BCUT2D eigenvalue weighted by Crippen LogP contribution is 1.51. The lowest BCUT2D eigenvalue weighted by atomic mass is 10.6. The highest BCUT2D eigenvalue weighted by Gasteiger charge is 1.72. The Balaban J connectivity index is 0. The summed E-state index contributed by atoms with van der Waals surface area (Å²) in [4.78, 5) is 0. The Labute approximate surface area is 68.6 Å². The van der Waals surface area contributed by atoms with E-state index in [0.717, 1.165) is 13.1 Å². The summed E-state index contributed by atoms with van der Waals surface area (Å²) in [7, 11) is 1.80. The minimum atomic E-state index is 0.233. The minimum Gasteiger partial charge on any atom is -0.395 e. The number of rotatable bonds is 5. The molecule has 11 heavy (non-hydrogen) atoms. The molecule has 0 saturated heterocycles. The fourth-order valence-corrected chi connectivity index (χ4v) is 0.368. The smallest absolute Gasteiger partial charge is 0.0555 e. The molecule has 0 aliphatic heterocycles. The van der Waals surface area contributed by atoms with Crippen LogP contribution in [0, 0.1) is 0 Å². The zero-order valence-electron chi connectivity index (χ0n) is 7.43. The van der Waals surface area contributed by atoms with Gasteiger partial charge in [-0.25, -0.2) is 0 Å². The third-order valence-corrected chi connectivity index (χ3v) is 0.900. The van der Waals surface area contributed by atoms with Crippen molar-refractivity contribution >= 4 is 0 Å². The van der Waals surface area contributed by atoms with Gasteiger partial charge in [-0.3, -0.25) is 0 Å². The molecule has 0 heterocycles. The highest BCUT2D eigenvalue weighted by atomic mass is 16.3.